The lowest BCUT2D eigenvalue weighted by atomic mass is 9.67. The van der Waals surface area contributed by atoms with Gasteiger partial charge in [0.05, 0.1) is 5.41 Å². The molecule has 0 radical (unpaired) electrons. The molecule has 0 amide bonds. The second kappa shape index (κ2) is 9.70. The van der Waals surface area contributed by atoms with Gasteiger partial charge in [-0.25, -0.2) is 0 Å². The van der Waals surface area contributed by atoms with Gasteiger partial charge in [0, 0.05) is 17.1 Å². The van der Waals surface area contributed by atoms with E-state index in [9.17, 15) is 0 Å². The third-order valence-electron chi connectivity index (χ3n) is 8.41. The third kappa shape index (κ3) is 3.62. The Kier molecular flexibility index (Phi) is 5.86. The number of benzene rings is 6. The predicted octanol–water partition coefficient (Wildman–Crippen LogP) is 10.1. The highest BCUT2D eigenvalue weighted by Gasteiger charge is 2.46. The molecule has 0 fully saturated rings. The highest BCUT2D eigenvalue weighted by molar-refractivity contribution is 5.90. The van der Waals surface area contributed by atoms with Crippen molar-refractivity contribution >= 4 is 17.1 Å². The monoisotopic (exact) mass is 513 g/mol. The number of anilines is 3. The fourth-order valence-corrected chi connectivity index (χ4v) is 6.61. The Morgan fingerprint density at radius 3 is 1.48 bits per heavy atom. The number of nitrogens with zero attached hydrogens (tertiary/aromatic N) is 1. The van der Waals surface area contributed by atoms with Crippen LogP contribution in [0.4, 0.5) is 17.1 Å². The highest BCUT2D eigenvalue weighted by Crippen LogP contribution is 2.57. The van der Waals surface area contributed by atoms with Gasteiger partial charge in [0.1, 0.15) is 0 Å². The van der Waals surface area contributed by atoms with Crippen molar-refractivity contribution in [2.24, 2.45) is 0 Å². The van der Waals surface area contributed by atoms with Gasteiger partial charge in [-0.2, -0.15) is 0 Å². The van der Waals surface area contributed by atoms with E-state index in [1.165, 1.54) is 55.9 Å². The van der Waals surface area contributed by atoms with Crippen molar-refractivity contribution in [3.63, 3.8) is 0 Å². The molecule has 0 bridgehead atoms. The van der Waals surface area contributed by atoms with E-state index in [0.717, 1.165) is 5.69 Å². The Morgan fingerprint density at radius 2 is 0.900 bits per heavy atom. The molecule has 7 rings (SSSR count). The summed E-state index contributed by atoms with van der Waals surface area (Å²) in [7, 11) is 0. The van der Waals surface area contributed by atoms with Gasteiger partial charge in [-0.1, -0.05) is 127 Å². The van der Waals surface area contributed by atoms with Crippen molar-refractivity contribution in [1.82, 2.24) is 0 Å². The SMILES string of the molecule is Cc1ccccc1N(c1ccc2c(c1)C(c1ccccc1)(c1ccccc1)c1ccccc1-2)c1ccccc1C. The average Bonchev–Trinajstić information content (AvgIpc) is 3.31. The molecule has 6 aromatic rings. The first-order chi connectivity index (χ1) is 19.7. The zero-order valence-electron chi connectivity index (χ0n) is 22.9. The summed E-state index contributed by atoms with van der Waals surface area (Å²) in [6.07, 6.45) is 0. The molecule has 0 heterocycles. The topological polar surface area (TPSA) is 3.24 Å². The maximum absolute atomic E-state index is 2.44. The number of para-hydroxylation sites is 2. The summed E-state index contributed by atoms with van der Waals surface area (Å²) >= 11 is 0. The van der Waals surface area contributed by atoms with E-state index in [-0.39, 0.29) is 0 Å². The van der Waals surface area contributed by atoms with Gasteiger partial charge in [0.25, 0.3) is 0 Å². The number of aryl methyl sites for hydroxylation is 2. The van der Waals surface area contributed by atoms with E-state index in [2.05, 4.69) is 170 Å². The normalized spacial score (nSPS) is 12.9. The largest absolute Gasteiger partial charge is 0.310 e. The van der Waals surface area contributed by atoms with Crippen LogP contribution in [-0.4, -0.2) is 0 Å². The van der Waals surface area contributed by atoms with Crippen molar-refractivity contribution < 1.29 is 0 Å². The summed E-state index contributed by atoms with van der Waals surface area (Å²) in [6.45, 7) is 4.39. The highest BCUT2D eigenvalue weighted by atomic mass is 15.1. The maximum Gasteiger partial charge on any atom is 0.0714 e. The zero-order chi connectivity index (χ0) is 27.1. The van der Waals surface area contributed by atoms with Crippen LogP contribution in [0.1, 0.15) is 33.4 Å². The van der Waals surface area contributed by atoms with E-state index in [1.54, 1.807) is 0 Å². The summed E-state index contributed by atoms with van der Waals surface area (Å²) in [5.41, 5.74) is 13.4. The van der Waals surface area contributed by atoms with Crippen molar-refractivity contribution in [3.05, 3.63) is 185 Å². The average molecular weight is 514 g/mol. The van der Waals surface area contributed by atoms with Gasteiger partial charge >= 0.3 is 0 Å². The van der Waals surface area contributed by atoms with Gasteiger partial charge in [-0.05, 0) is 82.6 Å². The molecule has 0 aliphatic heterocycles. The summed E-state index contributed by atoms with van der Waals surface area (Å²) in [5.74, 6) is 0. The Balaban J connectivity index is 1.57. The first-order valence-corrected chi connectivity index (χ1v) is 14.0. The van der Waals surface area contributed by atoms with Gasteiger partial charge in [0.15, 0.2) is 0 Å². The molecule has 192 valence electrons. The minimum absolute atomic E-state index is 0.423. The molecule has 0 aromatic heterocycles. The Hall–Kier alpha value is -4.88. The van der Waals surface area contributed by atoms with Crippen molar-refractivity contribution in [3.8, 4) is 11.1 Å². The number of rotatable bonds is 5. The van der Waals surface area contributed by atoms with Crippen molar-refractivity contribution in [2.45, 2.75) is 19.3 Å². The van der Waals surface area contributed by atoms with Crippen molar-refractivity contribution in [2.75, 3.05) is 4.90 Å². The molecule has 0 saturated carbocycles. The predicted molar refractivity (Wildman–Crippen MR) is 168 cm³/mol. The lowest BCUT2D eigenvalue weighted by Gasteiger charge is -2.35. The van der Waals surface area contributed by atoms with Crippen molar-refractivity contribution in [1.29, 1.82) is 0 Å². The Bertz CT molecular complexity index is 1730. The van der Waals surface area contributed by atoms with E-state index in [4.69, 9.17) is 0 Å². The summed E-state index contributed by atoms with van der Waals surface area (Å²) in [4.78, 5) is 2.43. The summed E-state index contributed by atoms with van der Waals surface area (Å²) in [6, 6.07) is 55.4. The fraction of sp³-hybridized carbons (Fsp3) is 0.0769. The molecule has 40 heavy (non-hydrogen) atoms. The molecule has 1 nitrogen and oxygen atoms in total. The number of fused-ring (bicyclic) bond motifs is 3. The summed E-state index contributed by atoms with van der Waals surface area (Å²) in [5, 5.41) is 0. The quantitative estimate of drug-likeness (QED) is 0.221. The fourth-order valence-electron chi connectivity index (χ4n) is 6.61. The number of hydrogen-bond acceptors (Lipinski definition) is 1. The van der Waals surface area contributed by atoms with Crippen LogP contribution in [-0.2, 0) is 5.41 Å². The number of hydrogen-bond donors (Lipinski definition) is 0. The molecule has 0 atom stereocenters. The second-order valence-corrected chi connectivity index (χ2v) is 10.7. The van der Waals surface area contributed by atoms with Crippen LogP contribution in [0.5, 0.6) is 0 Å². The smallest absolute Gasteiger partial charge is 0.0714 e. The second-order valence-electron chi connectivity index (χ2n) is 10.7. The minimum Gasteiger partial charge on any atom is -0.310 e. The molecule has 1 heteroatoms. The molecule has 0 saturated heterocycles. The van der Waals surface area contributed by atoms with Crippen LogP contribution < -0.4 is 4.90 Å². The van der Waals surface area contributed by atoms with Crippen LogP contribution in [0, 0.1) is 13.8 Å². The van der Waals surface area contributed by atoms with Gasteiger partial charge in [-0.3, -0.25) is 0 Å². The maximum atomic E-state index is 2.44. The minimum atomic E-state index is -0.423. The molecule has 0 unspecified atom stereocenters. The molecule has 6 aromatic carbocycles. The molecule has 0 spiro atoms. The van der Waals surface area contributed by atoms with Crippen LogP contribution in [0.3, 0.4) is 0 Å². The van der Waals surface area contributed by atoms with E-state index < -0.39 is 5.41 Å². The molecular formula is C39H31N. The Morgan fingerprint density at radius 1 is 0.425 bits per heavy atom. The van der Waals surface area contributed by atoms with Gasteiger partial charge < -0.3 is 4.90 Å². The zero-order valence-corrected chi connectivity index (χ0v) is 22.9. The molecule has 1 aliphatic carbocycles. The third-order valence-corrected chi connectivity index (χ3v) is 8.41. The Labute approximate surface area is 237 Å². The first kappa shape index (κ1) is 24.2. The summed E-state index contributed by atoms with van der Waals surface area (Å²) < 4.78 is 0. The molecule has 1 aliphatic rings. The van der Waals surface area contributed by atoms with Crippen LogP contribution in [0.25, 0.3) is 11.1 Å². The molecule has 0 N–H and O–H groups in total. The lowest BCUT2D eigenvalue weighted by Crippen LogP contribution is -2.28. The lowest BCUT2D eigenvalue weighted by molar-refractivity contribution is 0.768. The molecular weight excluding hydrogens is 482 g/mol. The van der Waals surface area contributed by atoms with Gasteiger partial charge in [-0.15, -0.1) is 0 Å². The van der Waals surface area contributed by atoms with E-state index in [0.29, 0.717) is 0 Å². The standard InChI is InChI=1S/C39H31N/c1-28-15-9-13-23-37(28)40(38-24-14-10-16-29(38)2)32-25-26-34-33-21-11-12-22-35(33)39(36(34)27-32,30-17-5-3-6-18-30)31-19-7-4-8-20-31/h3-27H,1-2H3. The van der Waals surface area contributed by atoms with E-state index >= 15 is 0 Å². The van der Waals surface area contributed by atoms with Crippen LogP contribution in [0.2, 0.25) is 0 Å². The van der Waals surface area contributed by atoms with Gasteiger partial charge in [0.2, 0.25) is 0 Å². The first-order valence-electron chi connectivity index (χ1n) is 14.0. The van der Waals surface area contributed by atoms with E-state index in [1.807, 2.05) is 0 Å². The van der Waals surface area contributed by atoms with Crippen LogP contribution >= 0.6 is 0 Å². The van der Waals surface area contributed by atoms with Crippen LogP contribution in [0.15, 0.2) is 152 Å².